The number of nitrogens with one attached hydrogen (secondary N) is 2. The van der Waals surface area contributed by atoms with E-state index in [4.69, 9.17) is 4.74 Å². The standard InChI is InChI=1S/C20H26FN5O/c1-3-27-17-7-4-6-15(12-17)13-24-20(22-2)25-16-9-11-26(14-16)19-18(21)8-5-10-23-19/h4-8,10,12,16H,3,9,11,13-14H2,1-2H3,(H2,22,24,25). The Labute approximate surface area is 159 Å². The number of aromatic nitrogens is 1. The zero-order valence-corrected chi connectivity index (χ0v) is 15.8. The van der Waals surface area contributed by atoms with Crippen LogP contribution in [-0.2, 0) is 6.54 Å². The SMILES string of the molecule is CCOc1cccc(CNC(=NC)NC2CCN(c3ncccc3F)C2)c1. The number of benzene rings is 1. The minimum Gasteiger partial charge on any atom is -0.494 e. The van der Waals surface area contributed by atoms with Crippen molar-refractivity contribution in [3.63, 3.8) is 0 Å². The van der Waals surface area contributed by atoms with Gasteiger partial charge in [0, 0.05) is 38.9 Å². The number of hydrogen-bond donors (Lipinski definition) is 2. The van der Waals surface area contributed by atoms with Gasteiger partial charge in [0.15, 0.2) is 17.6 Å². The third-order valence-corrected chi connectivity index (χ3v) is 4.46. The monoisotopic (exact) mass is 371 g/mol. The number of hydrogen-bond acceptors (Lipinski definition) is 4. The second-order valence-electron chi connectivity index (χ2n) is 6.39. The van der Waals surface area contributed by atoms with Crippen LogP contribution in [-0.4, -0.2) is 43.7 Å². The molecule has 0 bridgehead atoms. The lowest BCUT2D eigenvalue weighted by Gasteiger charge is -2.20. The molecule has 6 nitrogen and oxygen atoms in total. The van der Waals surface area contributed by atoms with Gasteiger partial charge in [-0.05, 0) is 43.2 Å². The number of ether oxygens (including phenoxy) is 1. The maximum absolute atomic E-state index is 13.9. The van der Waals surface area contributed by atoms with Gasteiger partial charge >= 0.3 is 0 Å². The van der Waals surface area contributed by atoms with Crippen molar-refractivity contribution >= 4 is 11.8 Å². The number of guanidine groups is 1. The van der Waals surface area contributed by atoms with Crippen molar-refractivity contribution in [1.82, 2.24) is 15.6 Å². The van der Waals surface area contributed by atoms with E-state index in [-0.39, 0.29) is 11.9 Å². The van der Waals surface area contributed by atoms with Gasteiger partial charge in [0.25, 0.3) is 0 Å². The molecule has 1 fully saturated rings. The van der Waals surface area contributed by atoms with Crippen LogP contribution in [0.3, 0.4) is 0 Å². The molecule has 2 heterocycles. The summed E-state index contributed by atoms with van der Waals surface area (Å²) < 4.78 is 19.5. The van der Waals surface area contributed by atoms with Crippen molar-refractivity contribution < 1.29 is 9.13 Å². The van der Waals surface area contributed by atoms with Crippen LogP contribution >= 0.6 is 0 Å². The van der Waals surface area contributed by atoms with E-state index in [9.17, 15) is 4.39 Å². The molecule has 1 aliphatic heterocycles. The van der Waals surface area contributed by atoms with Crippen molar-refractivity contribution in [3.05, 3.63) is 54.0 Å². The van der Waals surface area contributed by atoms with Crippen molar-refractivity contribution in [3.8, 4) is 5.75 Å². The largest absolute Gasteiger partial charge is 0.494 e. The van der Waals surface area contributed by atoms with Crippen LogP contribution in [0.4, 0.5) is 10.2 Å². The maximum Gasteiger partial charge on any atom is 0.191 e. The third kappa shape index (κ3) is 5.09. The Hall–Kier alpha value is -2.83. The lowest BCUT2D eigenvalue weighted by molar-refractivity contribution is 0.340. The highest BCUT2D eigenvalue weighted by molar-refractivity contribution is 5.80. The number of anilines is 1. The van der Waals surface area contributed by atoms with Crippen LogP contribution in [0.25, 0.3) is 0 Å². The number of rotatable bonds is 6. The Morgan fingerprint density at radius 2 is 2.26 bits per heavy atom. The Balaban J connectivity index is 1.52. The molecule has 27 heavy (non-hydrogen) atoms. The van der Waals surface area contributed by atoms with Gasteiger partial charge in [0.2, 0.25) is 0 Å². The van der Waals surface area contributed by atoms with E-state index in [2.05, 4.69) is 20.6 Å². The molecule has 3 rings (SSSR count). The average Bonchev–Trinajstić information content (AvgIpc) is 3.14. The van der Waals surface area contributed by atoms with Gasteiger partial charge in [-0.2, -0.15) is 0 Å². The first-order chi connectivity index (χ1) is 13.2. The summed E-state index contributed by atoms with van der Waals surface area (Å²) in [7, 11) is 1.75. The van der Waals surface area contributed by atoms with Gasteiger partial charge in [0.05, 0.1) is 6.61 Å². The predicted molar refractivity (Wildman–Crippen MR) is 106 cm³/mol. The minimum absolute atomic E-state index is 0.187. The molecule has 1 atom stereocenters. The first-order valence-electron chi connectivity index (χ1n) is 9.24. The molecule has 1 aliphatic rings. The predicted octanol–water partition coefficient (Wildman–Crippen LogP) is 2.56. The molecule has 7 heteroatoms. The molecule has 0 radical (unpaired) electrons. The highest BCUT2D eigenvalue weighted by Crippen LogP contribution is 2.20. The summed E-state index contributed by atoms with van der Waals surface area (Å²) in [6.07, 6.45) is 2.52. The van der Waals surface area contributed by atoms with Crippen LogP contribution in [0.5, 0.6) is 5.75 Å². The zero-order valence-electron chi connectivity index (χ0n) is 15.8. The summed E-state index contributed by atoms with van der Waals surface area (Å²) in [5.74, 6) is 1.72. The Bertz CT molecular complexity index is 782. The zero-order chi connectivity index (χ0) is 19.1. The molecule has 0 amide bonds. The summed E-state index contributed by atoms with van der Waals surface area (Å²) in [5.41, 5.74) is 1.12. The van der Waals surface area contributed by atoms with E-state index in [0.717, 1.165) is 30.2 Å². The maximum atomic E-state index is 13.9. The van der Waals surface area contributed by atoms with Gasteiger partial charge in [-0.15, -0.1) is 0 Å². The first-order valence-corrected chi connectivity index (χ1v) is 9.24. The first kappa shape index (κ1) is 18.9. The summed E-state index contributed by atoms with van der Waals surface area (Å²) in [4.78, 5) is 10.4. The molecule has 0 spiro atoms. The molecule has 1 aromatic carbocycles. The van der Waals surface area contributed by atoms with Crippen LogP contribution in [0.1, 0.15) is 18.9 Å². The summed E-state index contributed by atoms with van der Waals surface area (Å²) in [6.45, 7) is 4.72. The third-order valence-electron chi connectivity index (χ3n) is 4.46. The van der Waals surface area contributed by atoms with E-state index in [1.54, 1.807) is 19.3 Å². The van der Waals surface area contributed by atoms with Crippen molar-refractivity contribution in [2.45, 2.75) is 25.9 Å². The van der Waals surface area contributed by atoms with Crippen LogP contribution in [0.15, 0.2) is 47.6 Å². The molecular weight excluding hydrogens is 345 g/mol. The fraction of sp³-hybridized carbons (Fsp3) is 0.400. The van der Waals surface area contributed by atoms with Gasteiger partial charge in [-0.1, -0.05) is 12.1 Å². The Kier molecular flexibility index (Phi) is 6.46. The highest BCUT2D eigenvalue weighted by atomic mass is 19.1. The average molecular weight is 371 g/mol. The van der Waals surface area contributed by atoms with Crippen LogP contribution < -0.4 is 20.3 Å². The number of pyridine rings is 1. The van der Waals surface area contributed by atoms with E-state index < -0.39 is 0 Å². The second-order valence-corrected chi connectivity index (χ2v) is 6.39. The molecule has 0 aliphatic carbocycles. The van der Waals surface area contributed by atoms with Gasteiger partial charge in [-0.3, -0.25) is 4.99 Å². The lowest BCUT2D eigenvalue weighted by Crippen LogP contribution is -2.44. The van der Waals surface area contributed by atoms with E-state index in [0.29, 0.717) is 25.5 Å². The summed E-state index contributed by atoms with van der Waals surface area (Å²) in [6, 6.07) is 11.2. The lowest BCUT2D eigenvalue weighted by atomic mass is 10.2. The van der Waals surface area contributed by atoms with Gasteiger partial charge < -0.3 is 20.3 Å². The van der Waals surface area contributed by atoms with Crippen molar-refractivity contribution in [1.29, 1.82) is 0 Å². The van der Waals surface area contributed by atoms with Crippen molar-refractivity contribution in [2.75, 3.05) is 31.6 Å². The highest BCUT2D eigenvalue weighted by Gasteiger charge is 2.25. The molecule has 1 saturated heterocycles. The fourth-order valence-electron chi connectivity index (χ4n) is 3.17. The Morgan fingerprint density at radius 1 is 1.37 bits per heavy atom. The quantitative estimate of drug-likeness (QED) is 0.604. The molecular formula is C20H26FN5O. The molecule has 2 aromatic rings. The van der Waals surface area contributed by atoms with Crippen LogP contribution in [0, 0.1) is 5.82 Å². The fourth-order valence-corrected chi connectivity index (χ4v) is 3.17. The number of halogens is 1. The smallest absolute Gasteiger partial charge is 0.191 e. The topological polar surface area (TPSA) is 61.8 Å². The minimum atomic E-state index is -0.283. The van der Waals surface area contributed by atoms with Crippen LogP contribution in [0.2, 0.25) is 0 Å². The molecule has 1 unspecified atom stereocenters. The van der Waals surface area contributed by atoms with Crippen molar-refractivity contribution in [2.24, 2.45) is 4.99 Å². The molecule has 0 saturated carbocycles. The number of nitrogens with zero attached hydrogens (tertiary/aromatic N) is 3. The summed E-state index contributed by atoms with van der Waals surface area (Å²) >= 11 is 0. The second kappa shape index (κ2) is 9.21. The molecule has 1 aromatic heterocycles. The molecule has 2 N–H and O–H groups in total. The van der Waals surface area contributed by atoms with E-state index in [1.165, 1.54) is 6.07 Å². The normalized spacial score (nSPS) is 17.1. The Morgan fingerprint density at radius 3 is 3.04 bits per heavy atom. The van der Waals surface area contributed by atoms with Gasteiger partial charge in [0.1, 0.15) is 5.75 Å². The van der Waals surface area contributed by atoms with Gasteiger partial charge in [-0.25, -0.2) is 9.37 Å². The van der Waals surface area contributed by atoms with E-state index in [1.807, 2.05) is 36.1 Å². The summed E-state index contributed by atoms with van der Waals surface area (Å²) in [5, 5.41) is 6.73. The number of aliphatic imine (C=N–C) groups is 1. The molecule has 144 valence electrons. The van der Waals surface area contributed by atoms with E-state index >= 15 is 0 Å².